The number of hydrogen-bond acceptors (Lipinski definition) is 0. The van der Waals surface area contributed by atoms with E-state index >= 15 is 0 Å². The lowest BCUT2D eigenvalue weighted by molar-refractivity contribution is 0.191. The van der Waals surface area contributed by atoms with Gasteiger partial charge in [-0.25, -0.2) is 0 Å². The Morgan fingerprint density at radius 1 is 1.12 bits per heavy atom. The van der Waals surface area contributed by atoms with Crippen molar-refractivity contribution in [2.45, 2.75) is 39.5 Å². The van der Waals surface area contributed by atoms with E-state index in [9.17, 15) is 0 Å². The molecule has 0 aliphatic heterocycles. The minimum Gasteiger partial charge on any atom is -0.0850 e. The Labute approximate surface area is 105 Å². The van der Waals surface area contributed by atoms with Gasteiger partial charge < -0.3 is 0 Å². The molecule has 0 aromatic heterocycles. The van der Waals surface area contributed by atoms with E-state index in [0.29, 0.717) is 0 Å². The minimum absolute atomic E-state index is 0.953. The summed E-state index contributed by atoms with van der Waals surface area (Å²) in [5, 5.41) is 0. The van der Waals surface area contributed by atoms with Crippen LogP contribution in [0.4, 0.5) is 0 Å². The normalized spacial score (nSPS) is 56.1. The predicted octanol–water partition coefficient (Wildman–Crippen LogP) is 4.44. The zero-order valence-corrected chi connectivity index (χ0v) is 11.1. The number of hydrogen-bond donors (Lipinski definition) is 0. The lowest BCUT2D eigenvalue weighted by atomic mass is 9.66. The van der Waals surface area contributed by atoms with Crippen molar-refractivity contribution < 1.29 is 0 Å². The summed E-state index contributed by atoms with van der Waals surface area (Å²) in [6.07, 6.45) is 13.4. The molecule has 0 radical (unpaired) electrons. The lowest BCUT2D eigenvalue weighted by Gasteiger charge is -2.38. The molecular weight excluding hydrogens is 204 g/mol. The van der Waals surface area contributed by atoms with Crippen LogP contribution in [0.1, 0.15) is 39.5 Å². The van der Waals surface area contributed by atoms with Crippen molar-refractivity contribution in [3.05, 3.63) is 23.8 Å². The highest BCUT2D eigenvalue weighted by atomic mass is 14.7. The van der Waals surface area contributed by atoms with E-state index in [0.717, 1.165) is 41.4 Å². The molecule has 17 heavy (non-hydrogen) atoms. The van der Waals surface area contributed by atoms with Crippen molar-refractivity contribution >= 4 is 0 Å². The summed E-state index contributed by atoms with van der Waals surface area (Å²) in [5.74, 6) is 7.04. The van der Waals surface area contributed by atoms with Gasteiger partial charge in [0.2, 0.25) is 0 Å². The zero-order chi connectivity index (χ0) is 11.6. The number of allylic oxidation sites excluding steroid dienone is 4. The third-order valence-corrected chi connectivity index (χ3v) is 6.32. The van der Waals surface area contributed by atoms with Crippen molar-refractivity contribution in [3.63, 3.8) is 0 Å². The maximum atomic E-state index is 2.59. The Kier molecular flexibility index (Phi) is 2.14. The Hall–Kier alpha value is -0.520. The molecule has 7 unspecified atom stereocenters. The maximum absolute atomic E-state index is 2.59. The summed E-state index contributed by atoms with van der Waals surface area (Å²) in [4.78, 5) is 0. The van der Waals surface area contributed by atoms with E-state index in [1.165, 1.54) is 25.7 Å². The van der Waals surface area contributed by atoms with Crippen molar-refractivity contribution in [2.75, 3.05) is 0 Å². The van der Waals surface area contributed by atoms with Gasteiger partial charge in [0.1, 0.15) is 0 Å². The summed E-state index contributed by atoms with van der Waals surface area (Å²) in [6.45, 7) is 4.72. The third-order valence-electron chi connectivity index (χ3n) is 6.32. The molecule has 3 saturated carbocycles. The lowest BCUT2D eigenvalue weighted by Crippen LogP contribution is -2.32. The van der Waals surface area contributed by atoms with Crippen LogP contribution in [-0.2, 0) is 0 Å². The Morgan fingerprint density at radius 3 is 2.59 bits per heavy atom. The average Bonchev–Trinajstić information content (AvgIpc) is 3.06. The molecule has 0 heteroatoms. The van der Waals surface area contributed by atoms with Gasteiger partial charge in [0.25, 0.3) is 0 Å². The second-order valence-electron chi connectivity index (χ2n) is 6.74. The second kappa shape index (κ2) is 3.49. The van der Waals surface area contributed by atoms with Crippen LogP contribution in [0.3, 0.4) is 0 Å². The Morgan fingerprint density at radius 2 is 1.88 bits per heavy atom. The molecule has 4 bridgehead atoms. The van der Waals surface area contributed by atoms with E-state index < -0.39 is 0 Å². The third kappa shape index (κ3) is 1.15. The molecule has 3 fully saturated rings. The molecule has 4 aliphatic carbocycles. The Bertz CT molecular complexity index is 389. The first-order chi connectivity index (χ1) is 8.35. The van der Waals surface area contributed by atoms with Crippen LogP contribution >= 0.6 is 0 Å². The summed E-state index contributed by atoms with van der Waals surface area (Å²) in [5.41, 5.74) is 1.88. The van der Waals surface area contributed by atoms with Gasteiger partial charge in [-0.2, -0.15) is 0 Å². The highest BCUT2D eigenvalue weighted by molar-refractivity contribution is 5.31. The standard InChI is InChI=1S/C17H24/c1-3-5-13-12(4-2)14-9-15(13)17-11-7-6-10(8-11)16(14)17/h5-7,10-12,14-17H,3-4,8-9H2,1-2H3/b13-5-. The smallest absolute Gasteiger partial charge is 0.0160 e. The van der Waals surface area contributed by atoms with E-state index in [1.54, 1.807) is 0 Å². The van der Waals surface area contributed by atoms with Crippen molar-refractivity contribution in [3.8, 4) is 0 Å². The molecular formula is C17H24. The summed E-state index contributed by atoms with van der Waals surface area (Å²) in [7, 11) is 0. The van der Waals surface area contributed by atoms with E-state index in [2.05, 4.69) is 32.1 Å². The monoisotopic (exact) mass is 228 g/mol. The molecule has 0 nitrogen and oxygen atoms in total. The van der Waals surface area contributed by atoms with Crippen LogP contribution in [0.15, 0.2) is 23.8 Å². The fourth-order valence-electron chi connectivity index (χ4n) is 6.07. The SMILES string of the molecule is CC/C=C1/C(CC)C2CC1C1C3C=CC(C3)C21. The van der Waals surface area contributed by atoms with Gasteiger partial charge in [0.05, 0.1) is 0 Å². The molecule has 0 heterocycles. The quantitative estimate of drug-likeness (QED) is 0.484. The molecule has 7 atom stereocenters. The van der Waals surface area contributed by atoms with Gasteiger partial charge in [0.15, 0.2) is 0 Å². The highest BCUT2D eigenvalue weighted by Crippen LogP contribution is 2.69. The van der Waals surface area contributed by atoms with Crippen LogP contribution in [-0.4, -0.2) is 0 Å². The Balaban J connectivity index is 1.73. The van der Waals surface area contributed by atoms with E-state index in [4.69, 9.17) is 0 Å². The predicted molar refractivity (Wildman–Crippen MR) is 71.5 cm³/mol. The van der Waals surface area contributed by atoms with Gasteiger partial charge in [0, 0.05) is 0 Å². The number of rotatable bonds is 2. The molecule has 4 rings (SSSR count). The fourth-order valence-corrected chi connectivity index (χ4v) is 6.07. The van der Waals surface area contributed by atoms with E-state index in [-0.39, 0.29) is 0 Å². The van der Waals surface area contributed by atoms with Crippen LogP contribution in [0.25, 0.3) is 0 Å². The molecule has 0 spiro atoms. The fraction of sp³-hybridized carbons (Fsp3) is 0.765. The van der Waals surface area contributed by atoms with Gasteiger partial charge >= 0.3 is 0 Å². The maximum Gasteiger partial charge on any atom is -0.0160 e. The van der Waals surface area contributed by atoms with Gasteiger partial charge in [-0.3, -0.25) is 0 Å². The average molecular weight is 228 g/mol. The number of fused-ring (bicyclic) bond motifs is 9. The van der Waals surface area contributed by atoms with E-state index in [1.807, 2.05) is 5.57 Å². The van der Waals surface area contributed by atoms with Gasteiger partial charge in [-0.15, -0.1) is 0 Å². The van der Waals surface area contributed by atoms with Crippen LogP contribution in [0.2, 0.25) is 0 Å². The van der Waals surface area contributed by atoms with Gasteiger partial charge in [-0.05, 0) is 67.1 Å². The van der Waals surface area contributed by atoms with Crippen LogP contribution in [0.5, 0.6) is 0 Å². The molecule has 0 saturated heterocycles. The molecule has 4 aliphatic rings. The minimum atomic E-state index is 0.953. The summed E-state index contributed by atoms with van der Waals surface area (Å²) in [6, 6.07) is 0. The van der Waals surface area contributed by atoms with Crippen molar-refractivity contribution in [1.82, 2.24) is 0 Å². The first-order valence-corrected chi connectivity index (χ1v) is 7.73. The van der Waals surface area contributed by atoms with Crippen LogP contribution < -0.4 is 0 Å². The molecule has 0 N–H and O–H groups in total. The first-order valence-electron chi connectivity index (χ1n) is 7.73. The largest absolute Gasteiger partial charge is 0.0850 e. The van der Waals surface area contributed by atoms with Crippen LogP contribution in [0, 0.1) is 41.4 Å². The molecule has 0 amide bonds. The van der Waals surface area contributed by atoms with Crippen molar-refractivity contribution in [1.29, 1.82) is 0 Å². The molecule has 0 aromatic rings. The first kappa shape index (κ1) is 10.4. The molecule has 0 aromatic carbocycles. The van der Waals surface area contributed by atoms with Crippen molar-refractivity contribution in [2.24, 2.45) is 41.4 Å². The summed E-state index contributed by atoms with van der Waals surface area (Å²) >= 11 is 0. The molecule has 92 valence electrons. The second-order valence-corrected chi connectivity index (χ2v) is 6.74. The highest BCUT2D eigenvalue weighted by Gasteiger charge is 2.62. The zero-order valence-electron chi connectivity index (χ0n) is 11.1. The topological polar surface area (TPSA) is 0 Å². The summed E-state index contributed by atoms with van der Waals surface area (Å²) < 4.78 is 0. The van der Waals surface area contributed by atoms with Gasteiger partial charge in [-0.1, -0.05) is 37.6 Å².